The minimum absolute atomic E-state index is 0. The molecule has 1 unspecified atom stereocenters. The van der Waals surface area contributed by atoms with Gasteiger partial charge in [0.1, 0.15) is 5.75 Å². The van der Waals surface area contributed by atoms with Gasteiger partial charge in [-0.2, -0.15) is 8.78 Å². The van der Waals surface area contributed by atoms with E-state index in [0.717, 1.165) is 38.1 Å². The molecule has 2 aliphatic rings. The molecule has 158 valence electrons. The summed E-state index contributed by atoms with van der Waals surface area (Å²) in [5.74, 6) is 0.906. The third-order valence-electron chi connectivity index (χ3n) is 5.34. The van der Waals surface area contributed by atoms with Gasteiger partial charge < -0.3 is 15.4 Å². The summed E-state index contributed by atoms with van der Waals surface area (Å²) in [5.41, 5.74) is 0.647. The van der Waals surface area contributed by atoms with E-state index in [1.165, 1.54) is 25.7 Å². The van der Waals surface area contributed by atoms with Gasteiger partial charge in [-0.25, -0.2) is 4.99 Å². The van der Waals surface area contributed by atoms with Gasteiger partial charge in [0.05, 0.1) is 6.54 Å². The van der Waals surface area contributed by atoms with E-state index in [0.29, 0.717) is 11.6 Å². The molecule has 2 N–H and O–H groups in total. The van der Waals surface area contributed by atoms with E-state index in [-0.39, 0.29) is 36.3 Å². The van der Waals surface area contributed by atoms with E-state index in [1.54, 1.807) is 24.3 Å². The van der Waals surface area contributed by atoms with Crippen molar-refractivity contribution in [3.05, 3.63) is 29.8 Å². The van der Waals surface area contributed by atoms with Gasteiger partial charge in [0.2, 0.25) is 0 Å². The quantitative estimate of drug-likeness (QED) is 0.333. The van der Waals surface area contributed by atoms with Crippen LogP contribution in [0.15, 0.2) is 29.3 Å². The number of aliphatic imine (C=N–C) groups is 1. The van der Waals surface area contributed by atoms with Gasteiger partial charge in [0.15, 0.2) is 5.96 Å². The van der Waals surface area contributed by atoms with Crippen LogP contribution in [0.2, 0.25) is 0 Å². The highest BCUT2D eigenvalue weighted by Crippen LogP contribution is 2.26. The lowest BCUT2D eigenvalue weighted by Crippen LogP contribution is -2.45. The van der Waals surface area contributed by atoms with E-state index in [9.17, 15) is 8.78 Å². The molecule has 28 heavy (non-hydrogen) atoms. The summed E-state index contributed by atoms with van der Waals surface area (Å²) in [5, 5.41) is 6.76. The molecule has 5 nitrogen and oxygen atoms in total. The van der Waals surface area contributed by atoms with E-state index in [2.05, 4.69) is 25.3 Å². The summed E-state index contributed by atoms with van der Waals surface area (Å²) in [7, 11) is 0. The number of hydrogen-bond donors (Lipinski definition) is 2. The average Bonchev–Trinajstić information content (AvgIpc) is 3.32. The minimum Gasteiger partial charge on any atom is -0.434 e. The zero-order chi connectivity index (χ0) is 19.1. The number of halogens is 3. The molecule has 1 atom stereocenters. The summed E-state index contributed by atoms with van der Waals surface area (Å²) >= 11 is 0. The highest BCUT2D eigenvalue weighted by atomic mass is 127. The second-order valence-electron chi connectivity index (χ2n) is 7.24. The van der Waals surface area contributed by atoms with Crippen LogP contribution in [0.4, 0.5) is 8.78 Å². The molecule has 1 saturated carbocycles. The van der Waals surface area contributed by atoms with Crippen molar-refractivity contribution in [1.82, 2.24) is 15.5 Å². The van der Waals surface area contributed by atoms with Crippen molar-refractivity contribution in [1.29, 1.82) is 0 Å². The molecule has 1 aliphatic carbocycles. The molecule has 0 bridgehead atoms. The van der Waals surface area contributed by atoms with E-state index >= 15 is 0 Å². The fourth-order valence-electron chi connectivity index (χ4n) is 4.03. The smallest absolute Gasteiger partial charge is 0.387 e. The van der Waals surface area contributed by atoms with Crippen molar-refractivity contribution in [2.45, 2.75) is 64.3 Å². The molecule has 0 amide bonds. The maximum Gasteiger partial charge on any atom is 0.387 e. The normalized spacial score (nSPS) is 21.0. The topological polar surface area (TPSA) is 48.9 Å². The molecule has 0 aromatic heterocycles. The molecule has 1 aromatic carbocycles. The lowest BCUT2D eigenvalue weighted by atomic mass is 10.2. The van der Waals surface area contributed by atoms with Crippen LogP contribution < -0.4 is 15.4 Å². The molecular weight excluding hydrogens is 477 g/mol. The monoisotopic (exact) mass is 508 g/mol. The average molecular weight is 508 g/mol. The van der Waals surface area contributed by atoms with Gasteiger partial charge in [0.25, 0.3) is 0 Å². The fourth-order valence-corrected chi connectivity index (χ4v) is 4.03. The maximum absolute atomic E-state index is 12.6. The second-order valence-corrected chi connectivity index (χ2v) is 7.24. The van der Waals surface area contributed by atoms with Gasteiger partial charge >= 0.3 is 6.61 Å². The van der Waals surface area contributed by atoms with Crippen LogP contribution in [-0.2, 0) is 6.54 Å². The number of likely N-dealkylation sites (tertiary alicyclic amines) is 1. The van der Waals surface area contributed by atoms with Crippen molar-refractivity contribution >= 4 is 29.9 Å². The Morgan fingerprint density at radius 2 is 2.00 bits per heavy atom. The lowest BCUT2D eigenvalue weighted by Gasteiger charge is -2.24. The Morgan fingerprint density at radius 1 is 1.25 bits per heavy atom. The van der Waals surface area contributed by atoms with Gasteiger partial charge in [-0.05, 0) is 32.3 Å². The van der Waals surface area contributed by atoms with Crippen molar-refractivity contribution in [3.63, 3.8) is 0 Å². The SMILES string of the molecule is CCNC(=NCc1ccccc1OC(F)F)NC1CCN(C2CCCC2)C1.I. The Hall–Kier alpha value is -1.16. The predicted molar refractivity (Wildman–Crippen MR) is 119 cm³/mol. The zero-order valence-corrected chi connectivity index (χ0v) is 18.7. The molecule has 1 heterocycles. The van der Waals surface area contributed by atoms with Crippen LogP contribution in [0.5, 0.6) is 5.75 Å². The first-order chi connectivity index (χ1) is 13.2. The maximum atomic E-state index is 12.6. The number of nitrogens with one attached hydrogen (secondary N) is 2. The van der Waals surface area contributed by atoms with Crippen LogP contribution in [-0.4, -0.2) is 49.2 Å². The van der Waals surface area contributed by atoms with Gasteiger partial charge in [-0.15, -0.1) is 24.0 Å². The Bertz CT molecular complexity index is 626. The zero-order valence-electron chi connectivity index (χ0n) is 16.4. The van der Waals surface area contributed by atoms with Gasteiger partial charge in [-0.3, -0.25) is 4.90 Å². The Labute approximate surface area is 183 Å². The molecule has 3 rings (SSSR count). The number of rotatable bonds is 7. The minimum atomic E-state index is -2.83. The molecular formula is C20H31F2IN4O. The third-order valence-corrected chi connectivity index (χ3v) is 5.34. The number of guanidine groups is 1. The Kier molecular flexibility index (Phi) is 9.70. The highest BCUT2D eigenvalue weighted by molar-refractivity contribution is 14.0. The molecule has 1 aliphatic heterocycles. The summed E-state index contributed by atoms with van der Waals surface area (Å²) in [6.45, 7) is 2.40. The van der Waals surface area contributed by atoms with Gasteiger partial charge in [0, 0.05) is 37.3 Å². The van der Waals surface area contributed by atoms with E-state index in [4.69, 9.17) is 0 Å². The second kappa shape index (κ2) is 11.7. The number of hydrogen-bond acceptors (Lipinski definition) is 3. The molecule has 1 saturated heterocycles. The van der Waals surface area contributed by atoms with Crippen molar-refractivity contribution in [2.75, 3.05) is 19.6 Å². The van der Waals surface area contributed by atoms with E-state index < -0.39 is 6.61 Å². The highest BCUT2D eigenvalue weighted by Gasteiger charge is 2.30. The number of para-hydroxylation sites is 1. The van der Waals surface area contributed by atoms with Crippen LogP contribution in [0.25, 0.3) is 0 Å². The lowest BCUT2D eigenvalue weighted by molar-refractivity contribution is -0.0504. The summed E-state index contributed by atoms with van der Waals surface area (Å²) in [4.78, 5) is 7.19. The third kappa shape index (κ3) is 6.72. The predicted octanol–water partition coefficient (Wildman–Crippen LogP) is 3.98. The van der Waals surface area contributed by atoms with Crippen LogP contribution >= 0.6 is 24.0 Å². The molecule has 8 heteroatoms. The number of ether oxygens (including phenoxy) is 1. The van der Waals surface area contributed by atoms with E-state index in [1.807, 2.05) is 6.92 Å². The fraction of sp³-hybridized carbons (Fsp3) is 0.650. The first kappa shape index (κ1) is 23.1. The first-order valence-corrected chi connectivity index (χ1v) is 9.97. The number of alkyl halides is 2. The number of benzene rings is 1. The molecule has 2 fully saturated rings. The Morgan fingerprint density at radius 3 is 2.71 bits per heavy atom. The largest absolute Gasteiger partial charge is 0.434 e. The Balaban J connectivity index is 0.00000280. The number of nitrogens with zero attached hydrogens (tertiary/aromatic N) is 2. The van der Waals surface area contributed by atoms with Crippen LogP contribution in [0.1, 0.15) is 44.6 Å². The molecule has 1 aromatic rings. The summed E-state index contributed by atoms with van der Waals surface area (Å²) < 4.78 is 29.7. The van der Waals surface area contributed by atoms with Gasteiger partial charge in [-0.1, -0.05) is 31.0 Å². The first-order valence-electron chi connectivity index (χ1n) is 9.97. The summed E-state index contributed by atoms with van der Waals surface area (Å²) in [6, 6.07) is 7.92. The van der Waals surface area contributed by atoms with Crippen molar-refractivity contribution in [2.24, 2.45) is 4.99 Å². The molecule has 0 spiro atoms. The van der Waals surface area contributed by atoms with Crippen LogP contribution in [0.3, 0.4) is 0 Å². The molecule has 0 radical (unpaired) electrons. The van der Waals surface area contributed by atoms with Crippen molar-refractivity contribution in [3.8, 4) is 5.75 Å². The summed E-state index contributed by atoms with van der Waals surface area (Å²) in [6.07, 6.45) is 6.45. The van der Waals surface area contributed by atoms with Crippen molar-refractivity contribution < 1.29 is 13.5 Å². The standard InChI is InChI=1S/C20H30F2N4O.HI/c1-2-23-20(24-13-15-7-3-6-10-18(15)27-19(21)22)25-16-11-12-26(14-16)17-8-4-5-9-17;/h3,6-7,10,16-17,19H,2,4-5,8-9,11-14H2,1H3,(H2,23,24,25);1H. The van der Waals surface area contributed by atoms with Crippen LogP contribution in [0, 0.1) is 0 Å².